The molecule has 0 aliphatic rings. The summed E-state index contributed by atoms with van der Waals surface area (Å²) in [7, 11) is 0. The Morgan fingerprint density at radius 1 is 0.929 bits per heavy atom. The first-order valence-corrected chi connectivity index (χ1v) is 9.91. The van der Waals surface area contributed by atoms with Crippen LogP contribution in [0.2, 0.25) is 0 Å². The first-order valence-electron chi connectivity index (χ1n) is 9.91. The standard InChI is InChI=1S/C23H29NO4/c1-2-3-4-5-6-10-17-27-21-15-13-19(14-16-21)18-28-24-22(23(25)26)20-11-8-7-9-12-20/h7-9,11-16H,2-6,10,17-18H2,1H3,(H,25,26). The van der Waals surface area contributed by atoms with Crippen molar-refractivity contribution in [2.24, 2.45) is 5.16 Å². The second kappa shape index (κ2) is 12.5. The molecule has 0 heterocycles. The van der Waals surface area contributed by atoms with Crippen molar-refractivity contribution in [3.05, 3.63) is 65.7 Å². The number of hydrogen-bond acceptors (Lipinski definition) is 4. The molecule has 0 unspecified atom stereocenters. The van der Waals surface area contributed by atoms with Gasteiger partial charge < -0.3 is 14.7 Å². The van der Waals surface area contributed by atoms with E-state index < -0.39 is 5.97 Å². The van der Waals surface area contributed by atoms with Gasteiger partial charge in [0.15, 0.2) is 5.71 Å². The molecule has 5 heteroatoms. The first kappa shape index (κ1) is 21.5. The third-order valence-electron chi connectivity index (χ3n) is 4.33. The van der Waals surface area contributed by atoms with Gasteiger partial charge in [-0.1, -0.05) is 86.6 Å². The van der Waals surface area contributed by atoms with Crippen LogP contribution in [0, 0.1) is 0 Å². The number of benzene rings is 2. The van der Waals surface area contributed by atoms with Crippen LogP contribution in [0.5, 0.6) is 5.75 Å². The lowest BCUT2D eigenvalue weighted by Crippen LogP contribution is -2.14. The highest BCUT2D eigenvalue weighted by Gasteiger charge is 2.12. The molecule has 0 saturated carbocycles. The van der Waals surface area contributed by atoms with Crippen molar-refractivity contribution in [2.75, 3.05) is 6.61 Å². The van der Waals surface area contributed by atoms with E-state index in [-0.39, 0.29) is 12.3 Å². The molecule has 1 N–H and O–H groups in total. The summed E-state index contributed by atoms with van der Waals surface area (Å²) in [5.41, 5.74) is 1.29. The highest BCUT2D eigenvalue weighted by atomic mass is 16.6. The number of ether oxygens (including phenoxy) is 1. The summed E-state index contributed by atoms with van der Waals surface area (Å²) in [6.45, 7) is 3.14. The zero-order chi connectivity index (χ0) is 20.0. The van der Waals surface area contributed by atoms with Crippen LogP contribution in [0.25, 0.3) is 0 Å². The number of oxime groups is 1. The molecule has 0 aliphatic carbocycles. The summed E-state index contributed by atoms with van der Waals surface area (Å²) in [5, 5.41) is 13.1. The molecule has 2 aromatic carbocycles. The summed E-state index contributed by atoms with van der Waals surface area (Å²) in [6.07, 6.45) is 7.43. The van der Waals surface area contributed by atoms with Crippen molar-refractivity contribution >= 4 is 11.7 Å². The molecule has 0 fully saturated rings. The summed E-state index contributed by atoms with van der Waals surface area (Å²) >= 11 is 0. The van der Waals surface area contributed by atoms with Crippen LogP contribution < -0.4 is 4.74 Å². The first-order chi connectivity index (χ1) is 13.7. The van der Waals surface area contributed by atoms with E-state index in [0.29, 0.717) is 5.56 Å². The lowest BCUT2D eigenvalue weighted by atomic mass is 10.1. The normalized spacial score (nSPS) is 11.2. The van der Waals surface area contributed by atoms with E-state index in [1.165, 1.54) is 32.1 Å². The predicted octanol–water partition coefficient (Wildman–Crippen LogP) is 5.43. The molecular weight excluding hydrogens is 354 g/mol. The molecule has 0 amide bonds. The molecule has 0 aromatic heterocycles. The van der Waals surface area contributed by atoms with E-state index in [9.17, 15) is 9.90 Å². The Balaban J connectivity index is 1.75. The van der Waals surface area contributed by atoms with Gasteiger partial charge in [-0.15, -0.1) is 0 Å². The van der Waals surface area contributed by atoms with Crippen LogP contribution in [-0.4, -0.2) is 23.4 Å². The highest BCUT2D eigenvalue weighted by Crippen LogP contribution is 2.14. The predicted molar refractivity (Wildman–Crippen MR) is 111 cm³/mol. The third kappa shape index (κ3) is 7.82. The summed E-state index contributed by atoms with van der Waals surface area (Å²) in [4.78, 5) is 16.6. The largest absolute Gasteiger partial charge is 0.494 e. The van der Waals surface area contributed by atoms with Crippen LogP contribution >= 0.6 is 0 Å². The Bertz CT molecular complexity index is 726. The lowest BCUT2D eigenvalue weighted by Gasteiger charge is -2.07. The number of unbranched alkanes of at least 4 members (excludes halogenated alkanes) is 5. The van der Waals surface area contributed by atoms with Crippen LogP contribution in [0.15, 0.2) is 59.8 Å². The van der Waals surface area contributed by atoms with Crippen molar-refractivity contribution < 1.29 is 19.5 Å². The summed E-state index contributed by atoms with van der Waals surface area (Å²) < 4.78 is 5.75. The molecule has 0 radical (unpaired) electrons. The van der Waals surface area contributed by atoms with E-state index in [4.69, 9.17) is 9.57 Å². The van der Waals surface area contributed by atoms with Gasteiger partial charge >= 0.3 is 5.97 Å². The van der Waals surface area contributed by atoms with E-state index in [1.807, 2.05) is 30.3 Å². The smallest absolute Gasteiger partial charge is 0.358 e. The monoisotopic (exact) mass is 383 g/mol. The Kier molecular flexibility index (Phi) is 9.62. The van der Waals surface area contributed by atoms with E-state index in [1.54, 1.807) is 24.3 Å². The molecule has 0 aliphatic heterocycles. The van der Waals surface area contributed by atoms with E-state index in [2.05, 4.69) is 12.1 Å². The van der Waals surface area contributed by atoms with Crippen molar-refractivity contribution in [3.8, 4) is 5.75 Å². The molecule has 0 atom stereocenters. The van der Waals surface area contributed by atoms with Crippen LogP contribution in [0.4, 0.5) is 0 Å². The average Bonchev–Trinajstić information content (AvgIpc) is 2.72. The fraction of sp³-hybridized carbons (Fsp3) is 0.391. The molecule has 0 saturated heterocycles. The minimum Gasteiger partial charge on any atom is -0.494 e. The maximum Gasteiger partial charge on any atom is 0.358 e. The van der Waals surface area contributed by atoms with Gasteiger partial charge in [-0.05, 0) is 24.1 Å². The lowest BCUT2D eigenvalue weighted by molar-refractivity contribution is -0.129. The SMILES string of the molecule is CCCCCCCCOc1ccc(CON=C(C(=O)O)c2ccccc2)cc1. The van der Waals surface area contributed by atoms with Gasteiger partial charge in [0.05, 0.1) is 6.61 Å². The van der Waals surface area contributed by atoms with Gasteiger partial charge in [0, 0.05) is 5.56 Å². The Morgan fingerprint density at radius 3 is 2.29 bits per heavy atom. The highest BCUT2D eigenvalue weighted by molar-refractivity contribution is 6.42. The number of nitrogens with zero attached hydrogens (tertiary/aromatic N) is 1. The maximum absolute atomic E-state index is 11.4. The number of hydrogen-bond donors (Lipinski definition) is 1. The van der Waals surface area contributed by atoms with Crippen molar-refractivity contribution in [2.45, 2.75) is 52.1 Å². The molecule has 5 nitrogen and oxygen atoms in total. The minimum absolute atomic E-state index is 0.112. The van der Waals surface area contributed by atoms with Gasteiger partial charge in [0.1, 0.15) is 12.4 Å². The van der Waals surface area contributed by atoms with Crippen LogP contribution in [-0.2, 0) is 16.2 Å². The van der Waals surface area contributed by atoms with Crippen molar-refractivity contribution in [1.82, 2.24) is 0 Å². The zero-order valence-corrected chi connectivity index (χ0v) is 16.5. The molecule has 28 heavy (non-hydrogen) atoms. The molecule has 0 bridgehead atoms. The molecule has 150 valence electrons. The van der Waals surface area contributed by atoms with Crippen molar-refractivity contribution in [3.63, 3.8) is 0 Å². The quantitative estimate of drug-likeness (QED) is 0.284. The van der Waals surface area contributed by atoms with Gasteiger partial charge in [-0.2, -0.15) is 0 Å². The van der Waals surface area contributed by atoms with Gasteiger partial charge in [-0.25, -0.2) is 4.79 Å². The zero-order valence-electron chi connectivity index (χ0n) is 16.5. The third-order valence-corrected chi connectivity index (χ3v) is 4.33. The Labute approximate surface area is 167 Å². The second-order valence-electron chi connectivity index (χ2n) is 6.64. The number of carbonyl (C=O) groups is 1. The van der Waals surface area contributed by atoms with Gasteiger partial charge in [0.2, 0.25) is 0 Å². The van der Waals surface area contributed by atoms with Gasteiger partial charge in [0.25, 0.3) is 0 Å². The van der Waals surface area contributed by atoms with Crippen molar-refractivity contribution in [1.29, 1.82) is 0 Å². The van der Waals surface area contributed by atoms with E-state index in [0.717, 1.165) is 24.3 Å². The Hall–Kier alpha value is -2.82. The number of rotatable bonds is 13. The number of carboxylic acids is 1. The summed E-state index contributed by atoms with van der Waals surface area (Å²) in [5.74, 6) is -0.291. The molecular formula is C23H29NO4. The fourth-order valence-corrected chi connectivity index (χ4v) is 2.74. The molecule has 2 aromatic rings. The maximum atomic E-state index is 11.4. The molecule has 2 rings (SSSR count). The number of carboxylic acid groups (broad SMARTS) is 1. The average molecular weight is 383 g/mol. The fourth-order valence-electron chi connectivity index (χ4n) is 2.74. The minimum atomic E-state index is -1.12. The Morgan fingerprint density at radius 2 is 1.61 bits per heavy atom. The van der Waals surface area contributed by atoms with Gasteiger partial charge in [-0.3, -0.25) is 0 Å². The van der Waals surface area contributed by atoms with E-state index >= 15 is 0 Å². The topological polar surface area (TPSA) is 68.1 Å². The van der Waals surface area contributed by atoms with Crippen LogP contribution in [0.1, 0.15) is 56.6 Å². The number of aliphatic carboxylic acids is 1. The second-order valence-corrected chi connectivity index (χ2v) is 6.64. The van der Waals surface area contributed by atoms with Crippen LogP contribution in [0.3, 0.4) is 0 Å². The molecule has 0 spiro atoms. The summed E-state index contributed by atoms with van der Waals surface area (Å²) in [6, 6.07) is 16.3.